The Morgan fingerprint density at radius 3 is 2.42 bits per heavy atom. The molecule has 2 aromatic carbocycles. The molecular formula is C15H14Br2O2. The summed E-state index contributed by atoms with van der Waals surface area (Å²) in [7, 11) is 1.65. The Hall–Kier alpha value is -1.000. The van der Waals surface area contributed by atoms with Crippen LogP contribution in [0.3, 0.4) is 0 Å². The molecule has 2 rings (SSSR count). The van der Waals surface area contributed by atoms with Crippen LogP contribution >= 0.6 is 31.9 Å². The Morgan fingerprint density at radius 2 is 1.74 bits per heavy atom. The van der Waals surface area contributed by atoms with Crippen LogP contribution in [0.15, 0.2) is 40.9 Å². The molecule has 2 aromatic rings. The van der Waals surface area contributed by atoms with Gasteiger partial charge in [0.1, 0.15) is 5.75 Å². The zero-order valence-corrected chi connectivity index (χ0v) is 13.9. The number of halogens is 2. The monoisotopic (exact) mass is 384 g/mol. The molecule has 19 heavy (non-hydrogen) atoms. The van der Waals surface area contributed by atoms with E-state index in [0.29, 0.717) is 0 Å². The summed E-state index contributed by atoms with van der Waals surface area (Å²) >= 11 is 6.93. The molecule has 0 saturated carbocycles. The second kappa shape index (κ2) is 6.44. The first-order valence-electron chi connectivity index (χ1n) is 5.81. The van der Waals surface area contributed by atoms with Gasteiger partial charge in [0, 0.05) is 15.4 Å². The van der Waals surface area contributed by atoms with E-state index < -0.39 is 0 Å². The molecule has 0 unspecified atom stereocenters. The summed E-state index contributed by atoms with van der Waals surface area (Å²) in [6, 6.07) is 11.8. The van der Waals surface area contributed by atoms with Gasteiger partial charge in [-0.1, -0.05) is 37.9 Å². The zero-order chi connectivity index (χ0) is 13.8. The lowest BCUT2D eigenvalue weighted by Crippen LogP contribution is -1.93. The maximum absolute atomic E-state index is 5.96. The highest BCUT2D eigenvalue weighted by Gasteiger charge is 2.09. The van der Waals surface area contributed by atoms with E-state index >= 15 is 0 Å². The number of rotatable bonds is 4. The molecule has 0 aromatic heterocycles. The van der Waals surface area contributed by atoms with Crippen molar-refractivity contribution in [2.24, 2.45) is 0 Å². The summed E-state index contributed by atoms with van der Waals surface area (Å²) in [5.74, 6) is 2.28. The predicted molar refractivity (Wildman–Crippen MR) is 84.6 cm³/mol. The molecule has 4 heteroatoms. The van der Waals surface area contributed by atoms with Crippen LogP contribution in [0, 0.1) is 6.92 Å². The fourth-order valence-corrected chi connectivity index (χ4v) is 2.58. The van der Waals surface area contributed by atoms with E-state index in [1.54, 1.807) is 7.11 Å². The molecule has 0 amide bonds. The van der Waals surface area contributed by atoms with E-state index in [2.05, 4.69) is 31.9 Å². The first kappa shape index (κ1) is 14.4. The SMILES string of the molecule is COc1cc(C)ccc1Oc1ccc(Br)cc1CBr. The van der Waals surface area contributed by atoms with E-state index in [9.17, 15) is 0 Å². The quantitative estimate of drug-likeness (QED) is 0.651. The van der Waals surface area contributed by atoms with Crippen molar-refractivity contribution < 1.29 is 9.47 Å². The average molecular weight is 386 g/mol. The van der Waals surface area contributed by atoms with Crippen LogP contribution in [0.2, 0.25) is 0 Å². The molecule has 0 aliphatic rings. The van der Waals surface area contributed by atoms with E-state index in [1.807, 2.05) is 43.3 Å². The highest BCUT2D eigenvalue weighted by Crippen LogP contribution is 2.35. The standard InChI is InChI=1S/C15H14Br2O2/c1-10-3-5-14(15(7-10)18-2)19-13-6-4-12(17)8-11(13)9-16/h3-8H,9H2,1-2H3. The first-order chi connectivity index (χ1) is 9.13. The number of aryl methyl sites for hydroxylation is 1. The molecule has 0 aliphatic carbocycles. The second-order valence-electron chi connectivity index (χ2n) is 4.14. The molecule has 0 N–H and O–H groups in total. The first-order valence-corrected chi connectivity index (χ1v) is 7.72. The number of hydrogen-bond donors (Lipinski definition) is 0. The van der Waals surface area contributed by atoms with E-state index in [4.69, 9.17) is 9.47 Å². The van der Waals surface area contributed by atoms with Crippen molar-refractivity contribution in [1.29, 1.82) is 0 Å². The third kappa shape index (κ3) is 3.51. The van der Waals surface area contributed by atoms with Crippen molar-refractivity contribution >= 4 is 31.9 Å². The Kier molecular flexibility index (Phi) is 4.88. The molecular weight excluding hydrogens is 372 g/mol. The van der Waals surface area contributed by atoms with Crippen molar-refractivity contribution in [3.8, 4) is 17.2 Å². The lowest BCUT2D eigenvalue weighted by molar-refractivity contribution is 0.377. The lowest BCUT2D eigenvalue weighted by atomic mass is 10.2. The lowest BCUT2D eigenvalue weighted by Gasteiger charge is -2.13. The predicted octanol–water partition coefficient (Wildman–Crippen LogP) is 5.45. The van der Waals surface area contributed by atoms with E-state index in [-0.39, 0.29) is 0 Å². The van der Waals surface area contributed by atoms with Crippen molar-refractivity contribution in [2.75, 3.05) is 7.11 Å². The summed E-state index contributed by atoms with van der Waals surface area (Å²) in [6.07, 6.45) is 0. The highest BCUT2D eigenvalue weighted by atomic mass is 79.9. The second-order valence-corrected chi connectivity index (χ2v) is 5.62. The van der Waals surface area contributed by atoms with Crippen LogP contribution in [0.5, 0.6) is 17.2 Å². The van der Waals surface area contributed by atoms with Gasteiger partial charge in [-0.05, 0) is 42.8 Å². The van der Waals surface area contributed by atoms with Gasteiger partial charge in [-0.3, -0.25) is 0 Å². The number of benzene rings is 2. The summed E-state index contributed by atoms with van der Waals surface area (Å²) in [5, 5.41) is 0.732. The molecule has 0 heterocycles. The molecule has 0 aliphatic heterocycles. The van der Waals surface area contributed by atoms with Gasteiger partial charge < -0.3 is 9.47 Å². The van der Waals surface area contributed by atoms with Gasteiger partial charge in [0.15, 0.2) is 11.5 Å². The van der Waals surface area contributed by atoms with Gasteiger partial charge in [0.2, 0.25) is 0 Å². The van der Waals surface area contributed by atoms with Gasteiger partial charge in [0.25, 0.3) is 0 Å². The normalized spacial score (nSPS) is 10.3. The van der Waals surface area contributed by atoms with E-state index in [1.165, 1.54) is 0 Å². The molecule has 2 nitrogen and oxygen atoms in total. The smallest absolute Gasteiger partial charge is 0.169 e. The van der Waals surface area contributed by atoms with Gasteiger partial charge in [-0.2, -0.15) is 0 Å². The van der Waals surface area contributed by atoms with Crippen molar-refractivity contribution in [3.05, 3.63) is 52.0 Å². The van der Waals surface area contributed by atoms with Crippen molar-refractivity contribution in [2.45, 2.75) is 12.3 Å². The molecule has 0 bridgehead atoms. The molecule has 0 saturated heterocycles. The molecule has 100 valence electrons. The Labute approximate surface area is 130 Å². The molecule has 0 fully saturated rings. The van der Waals surface area contributed by atoms with Gasteiger partial charge in [0.05, 0.1) is 7.11 Å². The highest BCUT2D eigenvalue weighted by molar-refractivity contribution is 9.10. The number of hydrogen-bond acceptors (Lipinski definition) is 2. The van der Waals surface area contributed by atoms with Crippen LogP contribution in [0.4, 0.5) is 0 Å². The summed E-state index contributed by atoms with van der Waals surface area (Å²) in [5.41, 5.74) is 2.22. The minimum Gasteiger partial charge on any atom is -0.493 e. The third-order valence-electron chi connectivity index (χ3n) is 2.71. The third-order valence-corrected chi connectivity index (χ3v) is 3.80. The van der Waals surface area contributed by atoms with Crippen LogP contribution < -0.4 is 9.47 Å². The maximum atomic E-state index is 5.96. The van der Waals surface area contributed by atoms with Crippen molar-refractivity contribution in [3.63, 3.8) is 0 Å². The van der Waals surface area contributed by atoms with Crippen molar-refractivity contribution in [1.82, 2.24) is 0 Å². The molecule has 0 atom stereocenters. The Morgan fingerprint density at radius 1 is 1.00 bits per heavy atom. The minimum absolute atomic E-state index is 0.720. The maximum Gasteiger partial charge on any atom is 0.169 e. The Balaban J connectivity index is 2.36. The van der Waals surface area contributed by atoms with Gasteiger partial charge >= 0.3 is 0 Å². The zero-order valence-electron chi connectivity index (χ0n) is 10.7. The van der Waals surface area contributed by atoms with Crippen LogP contribution in [0.1, 0.15) is 11.1 Å². The van der Waals surface area contributed by atoms with Crippen LogP contribution in [-0.4, -0.2) is 7.11 Å². The van der Waals surface area contributed by atoms with Crippen LogP contribution in [-0.2, 0) is 5.33 Å². The number of ether oxygens (including phenoxy) is 2. The van der Waals surface area contributed by atoms with Gasteiger partial charge in [-0.15, -0.1) is 0 Å². The van der Waals surface area contributed by atoms with E-state index in [0.717, 1.165) is 38.2 Å². The summed E-state index contributed by atoms with van der Waals surface area (Å²) in [6.45, 7) is 2.02. The number of alkyl halides is 1. The fourth-order valence-electron chi connectivity index (χ4n) is 1.73. The minimum atomic E-state index is 0.720. The largest absolute Gasteiger partial charge is 0.493 e. The average Bonchev–Trinajstić information content (AvgIpc) is 2.42. The van der Waals surface area contributed by atoms with Crippen LogP contribution in [0.25, 0.3) is 0 Å². The molecule has 0 radical (unpaired) electrons. The topological polar surface area (TPSA) is 18.5 Å². The number of methoxy groups -OCH3 is 1. The summed E-state index contributed by atoms with van der Waals surface area (Å²) < 4.78 is 12.3. The fraction of sp³-hybridized carbons (Fsp3) is 0.200. The van der Waals surface area contributed by atoms with Gasteiger partial charge in [-0.25, -0.2) is 0 Å². The Bertz CT molecular complexity index is 531. The summed E-state index contributed by atoms with van der Waals surface area (Å²) in [4.78, 5) is 0. The molecule has 0 spiro atoms.